The molecule has 376 valence electrons. The lowest BCUT2D eigenvalue weighted by Crippen LogP contribution is -2.63. The van der Waals surface area contributed by atoms with Gasteiger partial charge in [0.1, 0.15) is 0 Å². The number of rotatable bonds is 3. The molecule has 0 saturated heterocycles. The van der Waals surface area contributed by atoms with Crippen LogP contribution in [0.1, 0.15) is 191 Å². The molecule has 0 radical (unpaired) electrons. The maximum atomic E-state index is 2.88. The first-order chi connectivity index (χ1) is 34.7. The summed E-state index contributed by atoms with van der Waals surface area (Å²) in [6.07, 6.45) is 7.07. The second-order valence-electron chi connectivity index (χ2n) is 28.6. The van der Waals surface area contributed by atoms with Gasteiger partial charge in [0.2, 0.25) is 0 Å². The molecule has 0 fully saturated rings. The van der Waals surface area contributed by atoms with E-state index in [0.717, 1.165) is 0 Å². The number of hydrogen-bond donors (Lipinski definition) is 0. The highest BCUT2D eigenvalue weighted by Crippen LogP contribution is 2.58. The molecule has 0 unspecified atom stereocenters. The Bertz CT molecular complexity index is 3590. The summed E-state index contributed by atoms with van der Waals surface area (Å²) >= 11 is 0. The van der Waals surface area contributed by atoms with Crippen molar-refractivity contribution in [2.45, 2.75) is 187 Å². The molecule has 0 atom stereocenters. The molecule has 0 bridgehead atoms. The van der Waals surface area contributed by atoms with E-state index in [1.54, 1.807) is 0 Å². The van der Waals surface area contributed by atoms with Crippen molar-refractivity contribution in [3.05, 3.63) is 171 Å². The third-order valence-corrected chi connectivity index (χ3v) is 20.7. The van der Waals surface area contributed by atoms with Gasteiger partial charge < -0.3 is 9.71 Å². The second kappa shape index (κ2) is 15.2. The van der Waals surface area contributed by atoms with E-state index in [2.05, 4.69) is 236 Å². The highest BCUT2D eigenvalue weighted by atomic mass is 15.2. The number of benzene rings is 7. The summed E-state index contributed by atoms with van der Waals surface area (Å²) in [5.41, 5.74) is 32.1. The Labute approximate surface area is 445 Å². The van der Waals surface area contributed by atoms with Crippen molar-refractivity contribution < 1.29 is 0 Å². The highest BCUT2D eigenvalue weighted by Gasteiger charge is 2.52. The van der Waals surface area contributed by atoms with E-state index in [1.165, 1.54) is 167 Å². The van der Waals surface area contributed by atoms with E-state index < -0.39 is 0 Å². The lowest BCUT2D eigenvalue weighted by molar-refractivity contribution is 0.332. The van der Waals surface area contributed by atoms with Gasteiger partial charge in [0.05, 0.1) is 0 Å². The summed E-state index contributed by atoms with van der Waals surface area (Å²) in [5, 5.41) is 0. The molecule has 0 aromatic heterocycles. The molecule has 6 aliphatic rings. The monoisotopic (exact) mass is 971 g/mol. The highest BCUT2D eigenvalue weighted by molar-refractivity contribution is 6.94. The third kappa shape index (κ3) is 6.56. The standard InChI is InChI=1S/C71H79BN2/c1-42-21-17-18-22-46(42)44-36-50-49-39-55-57(70(13,14)34-32-68(55,9)10)41-60(49)74(45-25-27-52-54(38-45)67(7,8)30-29-65(52,3)4)72-63(50)61(37-44)73(59-40-56-53(35-43(59)2)66(5,6)31-33-69(56,11)12)58-28-26-48-47-23-19-20-24-51(47)71(15,16)62(48)64(58)72/h17-28,35-41H,29-34H2,1-16H3. The molecule has 0 saturated carbocycles. The van der Waals surface area contributed by atoms with Crippen LogP contribution in [0.3, 0.4) is 0 Å². The third-order valence-electron chi connectivity index (χ3n) is 20.7. The summed E-state index contributed by atoms with van der Waals surface area (Å²) < 4.78 is 0. The van der Waals surface area contributed by atoms with E-state index in [-0.39, 0.29) is 44.8 Å². The van der Waals surface area contributed by atoms with Gasteiger partial charge in [-0.3, -0.25) is 0 Å². The Morgan fingerprint density at radius 3 is 1.50 bits per heavy atom. The summed E-state index contributed by atoms with van der Waals surface area (Å²) in [6.45, 7) is 39.5. The van der Waals surface area contributed by atoms with E-state index >= 15 is 0 Å². The molecule has 0 N–H and O–H groups in total. The topological polar surface area (TPSA) is 6.48 Å². The molecule has 4 aliphatic carbocycles. The van der Waals surface area contributed by atoms with Gasteiger partial charge in [-0.25, -0.2) is 0 Å². The number of nitrogens with zero attached hydrogens (tertiary/aromatic N) is 2. The van der Waals surface area contributed by atoms with Crippen LogP contribution in [-0.4, -0.2) is 6.85 Å². The minimum absolute atomic E-state index is 0.0281. The summed E-state index contributed by atoms with van der Waals surface area (Å²) in [6, 6.07) is 47.0. The van der Waals surface area contributed by atoms with E-state index in [1.807, 2.05) is 0 Å². The molecule has 0 amide bonds. The van der Waals surface area contributed by atoms with Gasteiger partial charge in [0.15, 0.2) is 0 Å². The van der Waals surface area contributed by atoms with Crippen molar-refractivity contribution in [1.82, 2.24) is 0 Å². The predicted molar refractivity (Wildman–Crippen MR) is 318 cm³/mol. The van der Waals surface area contributed by atoms with Crippen LogP contribution in [-0.2, 0) is 37.9 Å². The average Bonchev–Trinajstić information content (AvgIpc) is 3.64. The molecule has 2 aliphatic heterocycles. The van der Waals surface area contributed by atoms with Gasteiger partial charge in [-0.05, 0) is 228 Å². The average molecular weight is 971 g/mol. The van der Waals surface area contributed by atoms with Crippen LogP contribution in [0.5, 0.6) is 0 Å². The van der Waals surface area contributed by atoms with Crippen molar-refractivity contribution in [3.8, 4) is 33.4 Å². The number of fused-ring (bicyclic) bond motifs is 11. The van der Waals surface area contributed by atoms with E-state index in [4.69, 9.17) is 0 Å². The lowest BCUT2D eigenvalue weighted by Gasteiger charge is -2.50. The zero-order chi connectivity index (χ0) is 52.2. The quantitative estimate of drug-likeness (QED) is 0.163. The van der Waals surface area contributed by atoms with Gasteiger partial charge >= 0.3 is 6.85 Å². The fourth-order valence-electron chi connectivity index (χ4n) is 15.7. The van der Waals surface area contributed by atoms with Gasteiger partial charge in [-0.1, -0.05) is 164 Å². The second-order valence-corrected chi connectivity index (χ2v) is 28.6. The van der Waals surface area contributed by atoms with Gasteiger partial charge in [0.25, 0.3) is 0 Å². The Hall–Kier alpha value is -5.80. The molecular weight excluding hydrogens is 892 g/mol. The van der Waals surface area contributed by atoms with Crippen LogP contribution >= 0.6 is 0 Å². The molecule has 13 rings (SSSR count). The fraction of sp³-hybridized carbons (Fsp3) is 0.408. The maximum Gasteiger partial charge on any atom is 0.333 e. The van der Waals surface area contributed by atoms with Crippen LogP contribution in [0, 0.1) is 13.8 Å². The minimum Gasteiger partial charge on any atom is -0.376 e. The van der Waals surface area contributed by atoms with Crippen LogP contribution < -0.4 is 20.6 Å². The van der Waals surface area contributed by atoms with Crippen molar-refractivity contribution in [2.24, 2.45) is 0 Å². The van der Waals surface area contributed by atoms with Crippen LogP contribution in [0.25, 0.3) is 33.4 Å². The van der Waals surface area contributed by atoms with Crippen LogP contribution in [0.4, 0.5) is 28.4 Å². The van der Waals surface area contributed by atoms with Gasteiger partial charge in [0, 0.05) is 39.4 Å². The number of anilines is 5. The van der Waals surface area contributed by atoms with E-state index in [0.29, 0.717) is 0 Å². The van der Waals surface area contributed by atoms with Crippen molar-refractivity contribution in [1.29, 1.82) is 0 Å². The summed E-state index contributed by atoms with van der Waals surface area (Å²) in [5.74, 6) is 0. The van der Waals surface area contributed by atoms with E-state index in [9.17, 15) is 0 Å². The first kappa shape index (κ1) is 47.9. The first-order valence-corrected chi connectivity index (χ1v) is 28.3. The normalized spacial score (nSPS) is 20.8. The Morgan fingerprint density at radius 2 is 0.878 bits per heavy atom. The zero-order valence-corrected chi connectivity index (χ0v) is 47.7. The SMILES string of the molecule is Cc1ccccc1-c1cc2c3c(c1)N(c1cc4c(cc1C)C(C)(C)CCC4(C)C)c1ccc4c(c1B3N(c1ccc3c(c1)C(C)(C)CCC3(C)C)c1cc3c(cc1-2)C(C)(C)CCC3(C)C)C(C)(C)c1ccccc1-4. The largest absolute Gasteiger partial charge is 0.376 e. The fourth-order valence-corrected chi connectivity index (χ4v) is 15.7. The molecule has 74 heavy (non-hydrogen) atoms. The molecule has 2 heterocycles. The molecule has 7 aromatic rings. The van der Waals surface area contributed by atoms with Crippen molar-refractivity contribution in [2.75, 3.05) is 9.71 Å². The van der Waals surface area contributed by atoms with Crippen LogP contribution in [0.2, 0.25) is 0 Å². The Morgan fingerprint density at radius 1 is 0.351 bits per heavy atom. The zero-order valence-electron chi connectivity index (χ0n) is 47.7. The molecule has 0 spiro atoms. The Balaban J connectivity index is 1.22. The van der Waals surface area contributed by atoms with Gasteiger partial charge in [-0.15, -0.1) is 0 Å². The van der Waals surface area contributed by atoms with Gasteiger partial charge in [-0.2, -0.15) is 0 Å². The maximum absolute atomic E-state index is 2.88. The van der Waals surface area contributed by atoms with Crippen molar-refractivity contribution >= 4 is 46.2 Å². The lowest BCUT2D eigenvalue weighted by atomic mass is 9.41. The molecule has 2 nitrogen and oxygen atoms in total. The Kier molecular flexibility index (Phi) is 9.84. The summed E-state index contributed by atoms with van der Waals surface area (Å²) in [4.78, 5) is 5.65. The predicted octanol–water partition coefficient (Wildman–Crippen LogP) is 18.0. The first-order valence-electron chi connectivity index (χ1n) is 28.3. The molecule has 7 aromatic carbocycles. The van der Waals surface area contributed by atoms with Crippen LogP contribution in [0.15, 0.2) is 115 Å². The molecular formula is C71H79BN2. The van der Waals surface area contributed by atoms with Crippen molar-refractivity contribution in [3.63, 3.8) is 0 Å². The minimum atomic E-state index is -0.256. The number of aryl methyl sites for hydroxylation is 2. The smallest absolute Gasteiger partial charge is 0.333 e. The summed E-state index contributed by atoms with van der Waals surface area (Å²) in [7, 11) is 0. The number of hydrogen-bond acceptors (Lipinski definition) is 2. The molecule has 3 heteroatoms.